The van der Waals surface area contributed by atoms with Crippen LogP contribution in [0.2, 0.25) is 0 Å². The maximum absolute atomic E-state index is 11.8. The van der Waals surface area contributed by atoms with Gasteiger partial charge in [0.1, 0.15) is 0 Å². The molecule has 1 aliphatic heterocycles. The largest absolute Gasteiger partial charge is 0.381 e. The molecule has 0 saturated carbocycles. The van der Waals surface area contributed by atoms with E-state index in [0.717, 1.165) is 17.9 Å². The molecule has 1 heterocycles. The van der Waals surface area contributed by atoms with Crippen molar-refractivity contribution in [1.29, 1.82) is 0 Å². The summed E-state index contributed by atoms with van der Waals surface area (Å²) in [5, 5.41) is 3.43. The fourth-order valence-corrected chi connectivity index (χ4v) is 4.03. The molecule has 0 bridgehead atoms. The van der Waals surface area contributed by atoms with Gasteiger partial charge in [0, 0.05) is 17.5 Å². The van der Waals surface area contributed by atoms with Crippen molar-refractivity contribution in [3.63, 3.8) is 0 Å². The van der Waals surface area contributed by atoms with Gasteiger partial charge in [0.05, 0.1) is 10.6 Å². The number of hydrogen-bond acceptors (Lipinski definition) is 4. The van der Waals surface area contributed by atoms with E-state index in [9.17, 15) is 8.42 Å². The van der Waals surface area contributed by atoms with Gasteiger partial charge >= 0.3 is 0 Å². The molecule has 0 aromatic heterocycles. The quantitative estimate of drug-likeness (QED) is 0.924. The van der Waals surface area contributed by atoms with Crippen molar-refractivity contribution in [2.75, 3.05) is 22.6 Å². The van der Waals surface area contributed by atoms with Gasteiger partial charge < -0.3 is 5.32 Å². The van der Waals surface area contributed by atoms with Gasteiger partial charge in [-0.1, -0.05) is 13.0 Å². The summed E-state index contributed by atoms with van der Waals surface area (Å²) in [4.78, 5) is 0.415. The molecule has 5 heteroatoms. The average Bonchev–Trinajstić information content (AvgIpc) is 2.40. The Morgan fingerprint density at radius 1 is 1.44 bits per heavy atom. The molecule has 100 valence electrons. The standard InChI is InChI=1S/C13H19NO2S2/c1-2-18(15,16)13-7-3-5-11(9-13)14-12-6-4-8-17-10-12/h3,5,7,9,12,14H,2,4,6,8,10H2,1H3. The Bertz CT molecular complexity index is 493. The normalized spacial score (nSPS) is 20.6. The Balaban J connectivity index is 2.12. The summed E-state index contributed by atoms with van der Waals surface area (Å²) in [7, 11) is -3.11. The number of anilines is 1. The molecule has 1 fully saturated rings. The summed E-state index contributed by atoms with van der Waals surface area (Å²) in [6, 6.07) is 7.62. The monoisotopic (exact) mass is 285 g/mol. The molecule has 0 amide bonds. The molecule has 1 atom stereocenters. The van der Waals surface area contributed by atoms with Gasteiger partial charge in [-0.2, -0.15) is 11.8 Å². The first-order chi connectivity index (χ1) is 8.62. The van der Waals surface area contributed by atoms with E-state index in [-0.39, 0.29) is 5.75 Å². The van der Waals surface area contributed by atoms with Gasteiger partial charge in [0.15, 0.2) is 9.84 Å². The predicted molar refractivity (Wildman–Crippen MR) is 78.1 cm³/mol. The second-order valence-corrected chi connectivity index (χ2v) is 7.92. The van der Waals surface area contributed by atoms with Gasteiger partial charge in [-0.25, -0.2) is 8.42 Å². The zero-order valence-electron chi connectivity index (χ0n) is 10.6. The zero-order valence-corrected chi connectivity index (χ0v) is 12.2. The van der Waals surface area contributed by atoms with Crippen LogP contribution < -0.4 is 5.32 Å². The molecular formula is C13H19NO2S2. The van der Waals surface area contributed by atoms with E-state index in [0.29, 0.717) is 10.9 Å². The summed E-state index contributed by atoms with van der Waals surface area (Å²) < 4.78 is 23.6. The molecule has 1 N–H and O–H groups in total. The maximum Gasteiger partial charge on any atom is 0.178 e. The minimum atomic E-state index is -3.11. The highest BCUT2D eigenvalue weighted by molar-refractivity contribution is 7.99. The zero-order chi connectivity index (χ0) is 13.0. The van der Waals surface area contributed by atoms with Crippen molar-refractivity contribution in [2.45, 2.75) is 30.7 Å². The number of sulfone groups is 1. The molecule has 1 aliphatic rings. The lowest BCUT2D eigenvalue weighted by Gasteiger charge is -2.23. The van der Waals surface area contributed by atoms with Crippen LogP contribution in [-0.4, -0.2) is 31.7 Å². The smallest absolute Gasteiger partial charge is 0.178 e. The van der Waals surface area contributed by atoms with Gasteiger partial charge in [-0.3, -0.25) is 0 Å². The number of rotatable bonds is 4. The van der Waals surface area contributed by atoms with Gasteiger partial charge in [-0.15, -0.1) is 0 Å². The van der Waals surface area contributed by atoms with Crippen molar-refractivity contribution in [1.82, 2.24) is 0 Å². The average molecular weight is 285 g/mol. The number of hydrogen-bond donors (Lipinski definition) is 1. The van der Waals surface area contributed by atoms with Crippen LogP contribution in [0.3, 0.4) is 0 Å². The van der Waals surface area contributed by atoms with Gasteiger partial charge in [-0.05, 0) is 36.8 Å². The molecule has 0 spiro atoms. The van der Waals surface area contributed by atoms with E-state index in [4.69, 9.17) is 0 Å². The molecule has 3 nitrogen and oxygen atoms in total. The Kier molecular flexibility index (Phi) is 4.56. The first-order valence-corrected chi connectivity index (χ1v) is 9.09. The van der Waals surface area contributed by atoms with Crippen LogP contribution in [0.15, 0.2) is 29.2 Å². The summed E-state index contributed by atoms with van der Waals surface area (Å²) in [5.41, 5.74) is 0.914. The predicted octanol–water partition coefficient (Wildman–Crippen LogP) is 2.79. The third kappa shape index (κ3) is 3.42. The topological polar surface area (TPSA) is 46.2 Å². The Morgan fingerprint density at radius 3 is 2.94 bits per heavy atom. The van der Waals surface area contributed by atoms with Crippen LogP contribution in [0.5, 0.6) is 0 Å². The highest BCUT2D eigenvalue weighted by atomic mass is 32.2. The van der Waals surface area contributed by atoms with Crippen LogP contribution >= 0.6 is 11.8 Å². The molecule has 0 radical (unpaired) electrons. The van der Waals surface area contributed by atoms with Crippen LogP contribution in [0.1, 0.15) is 19.8 Å². The second kappa shape index (κ2) is 5.97. The maximum atomic E-state index is 11.8. The number of nitrogens with one attached hydrogen (secondary N) is 1. The summed E-state index contributed by atoms with van der Waals surface area (Å²) in [6.45, 7) is 1.67. The third-order valence-corrected chi connectivity index (χ3v) is 6.05. The highest BCUT2D eigenvalue weighted by Gasteiger charge is 2.15. The molecule has 2 rings (SSSR count). The Morgan fingerprint density at radius 2 is 2.28 bits per heavy atom. The molecule has 1 aromatic carbocycles. The molecular weight excluding hydrogens is 266 g/mol. The van der Waals surface area contributed by atoms with Crippen molar-refractivity contribution in [2.24, 2.45) is 0 Å². The fourth-order valence-electron chi connectivity index (χ4n) is 2.04. The van der Waals surface area contributed by atoms with E-state index >= 15 is 0 Å². The molecule has 1 aromatic rings. The number of benzene rings is 1. The van der Waals surface area contributed by atoms with E-state index in [1.165, 1.54) is 12.2 Å². The van der Waals surface area contributed by atoms with Crippen molar-refractivity contribution >= 4 is 27.3 Å². The molecule has 0 aliphatic carbocycles. The highest BCUT2D eigenvalue weighted by Crippen LogP contribution is 2.22. The number of thioether (sulfide) groups is 1. The first-order valence-electron chi connectivity index (χ1n) is 6.29. The van der Waals surface area contributed by atoms with Crippen molar-refractivity contribution in [3.05, 3.63) is 24.3 Å². The van der Waals surface area contributed by atoms with Crippen LogP contribution in [0, 0.1) is 0 Å². The third-order valence-electron chi connectivity index (χ3n) is 3.10. The van der Waals surface area contributed by atoms with Crippen LogP contribution in [0.25, 0.3) is 0 Å². The van der Waals surface area contributed by atoms with Crippen LogP contribution in [-0.2, 0) is 9.84 Å². The Hall–Kier alpha value is -0.680. The minimum absolute atomic E-state index is 0.149. The van der Waals surface area contributed by atoms with E-state index < -0.39 is 9.84 Å². The Labute approximate surface area is 113 Å². The lowest BCUT2D eigenvalue weighted by Crippen LogP contribution is -2.25. The SMILES string of the molecule is CCS(=O)(=O)c1cccc(NC2CCCSC2)c1. The molecule has 18 heavy (non-hydrogen) atoms. The summed E-state index contributed by atoms with van der Waals surface area (Å²) in [5.74, 6) is 2.49. The van der Waals surface area contributed by atoms with Gasteiger partial charge in [0.2, 0.25) is 0 Å². The first kappa shape index (κ1) is 13.7. The molecule has 1 unspecified atom stereocenters. The second-order valence-electron chi connectivity index (χ2n) is 4.49. The fraction of sp³-hybridized carbons (Fsp3) is 0.538. The van der Waals surface area contributed by atoms with Gasteiger partial charge in [0.25, 0.3) is 0 Å². The van der Waals surface area contributed by atoms with E-state index in [1.807, 2.05) is 17.8 Å². The van der Waals surface area contributed by atoms with Crippen molar-refractivity contribution in [3.8, 4) is 0 Å². The lowest BCUT2D eigenvalue weighted by molar-refractivity contribution is 0.597. The summed E-state index contributed by atoms with van der Waals surface area (Å²) >= 11 is 1.96. The van der Waals surface area contributed by atoms with Crippen LogP contribution in [0.4, 0.5) is 5.69 Å². The summed E-state index contributed by atoms with van der Waals surface area (Å²) in [6.07, 6.45) is 2.40. The van der Waals surface area contributed by atoms with Crippen molar-refractivity contribution < 1.29 is 8.42 Å². The lowest BCUT2D eigenvalue weighted by atomic mass is 10.2. The van der Waals surface area contributed by atoms with E-state index in [2.05, 4.69) is 5.32 Å². The minimum Gasteiger partial charge on any atom is -0.381 e. The van der Waals surface area contributed by atoms with E-state index in [1.54, 1.807) is 25.1 Å². The molecule has 1 saturated heterocycles.